The lowest BCUT2D eigenvalue weighted by Gasteiger charge is -1.99. The second-order valence-corrected chi connectivity index (χ2v) is 2.91. The molecule has 0 unspecified atom stereocenters. The average molecular weight is 191 g/mol. The Kier molecular flexibility index (Phi) is 1.81. The molecule has 1 amide bonds. The van der Waals surface area contributed by atoms with Crippen molar-refractivity contribution in [2.24, 2.45) is 0 Å². The summed E-state index contributed by atoms with van der Waals surface area (Å²) in [6.07, 6.45) is 1.53. The zero-order valence-electron chi connectivity index (χ0n) is 7.53. The fraction of sp³-hybridized carbons (Fsp3) is 0.125. The van der Waals surface area contributed by atoms with E-state index < -0.39 is 0 Å². The Morgan fingerprint density at radius 1 is 1.64 bits per heavy atom. The molecule has 0 bridgehead atoms. The highest BCUT2D eigenvalue weighted by Crippen LogP contribution is 2.19. The van der Waals surface area contributed by atoms with Gasteiger partial charge in [0, 0.05) is 6.92 Å². The predicted molar refractivity (Wildman–Crippen MR) is 52.6 cm³/mol. The Balaban J connectivity index is 2.49. The van der Waals surface area contributed by atoms with Crippen molar-refractivity contribution < 1.29 is 4.79 Å². The summed E-state index contributed by atoms with van der Waals surface area (Å²) < 4.78 is 0. The van der Waals surface area contributed by atoms with Crippen molar-refractivity contribution >= 4 is 28.4 Å². The summed E-state index contributed by atoms with van der Waals surface area (Å²) in [5.74, 6) is 0.299. The largest absolute Gasteiger partial charge is 0.384 e. The van der Waals surface area contributed by atoms with E-state index in [-0.39, 0.29) is 5.91 Å². The van der Waals surface area contributed by atoms with Gasteiger partial charge in [0.1, 0.15) is 5.82 Å². The fourth-order valence-corrected chi connectivity index (χ4v) is 1.19. The maximum atomic E-state index is 10.8. The molecule has 0 aliphatic heterocycles. The van der Waals surface area contributed by atoms with E-state index >= 15 is 0 Å². The van der Waals surface area contributed by atoms with Crippen molar-refractivity contribution in [1.29, 1.82) is 0 Å². The molecule has 0 atom stereocenters. The quantitative estimate of drug-likeness (QED) is 0.611. The summed E-state index contributed by atoms with van der Waals surface area (Å²) in [5.41, 5.74) is 6.75. The van der Waals surface area contributed by atoms with Crippen LogP contribution in [0.5, 0.6) is 0 Å². The van der Waals surface area contributed by atoms with Gasteiger partial charge in [-0.1, -0.05) is 0 Å². The lowest BCUT2D eigenvalue weighted by Crippen LogP contribution is -2.05. The number of nitrogens with zero attached hydrogens (tertiary/aromatic N) is 2. The van der Waals surface area contributed by atoms with Gasteiger partial charge in [-0.2, -0.15) is 5.10 Å². The van der Waals surface area contributed by atoms with E-state index in [0.29, 0.717) is 22.5 Å². The van der Waals surface area contributed by atoms with E-state index in [9.17, 15) is 4.79 Å². The number of nitrogen functional groups attached to an aromatic ring is 1. The van der Waals surface area contributed by atoms with Crippen LogP contribution in [0.3, 0.4) is 0 Å². The maximum absolute atomic E-state index is 10.8. The van der Waals surface area contributed by atoms with Crippen molar-refractivity contribution in [3.8, 4) is 0 Å². The van der Waals surface area contributed by atoms with Gasteiger partial charge in [0.05, 0.1) is 17.3 Å². The molecule has 0 aliphatic carbocycles. The van der Waals surface area contributed by atoms with Crippen molar-refractivity contribution in [1.82, 2.24) is 15.2 Å². The standard InChI is InChI=1S/C8H9N5O/c1-4(14)11-5-2-6-7(9)12-13-8(6)10-3-5/h2-3H,1H3,(H,11,14)(H3,9,10,12,13). The molecular weight excluding hydrogens is 182 g/mol. The zero-order chi connectivity index (χ0) is 10.1. The SMILES string of the molecule is CC(=O)Nc1cnc2n[nH]c(N)c2c1. The van der Waals surface area contributed by atoms with Gasteiger partial charge in [-0.3, -0.25) is 9.89 Å². The van der Waals surface area contributed by atoms with Gasteiger partial charge in [-0.05, 0) is 6.07 Å². The molecule has 2 heterocycles. The molecule has 2 aromatic rings. The number of fused-ring (bicyclic) bond motifs is 1. The number of pyridine rings is 1. The molecule has 4 N–H and O–H groups in total. The topological polar surface area (TPSA) is 96.7 Å². The smallest absolute Gasteiger partial charge is 0.221 e. The highest BCUT2D eigenvalue weighted by Gasteiger charge is 2.04. The Morgan fingerprint density at radius 3 is 3.14 bits per heavy atom. The second-order valence-electron chi connectivity index (χ2n) is 2.91. The first-order valence-electron chi connectivity index (χ1n) is 4.04. The highest BCUT2D eigenvalue weighted by molar-refractivity contribution is 5.93. The van der Waals surface area contributed by atoms with Crippen molar-refractivity contribution in [2.45, 2.75) is 6.92 Å². The van der Waals surface area contributed by atoms with Gasteiger partial charge in [0.25, 0.3) is 0 Å². The molecule has 6 nitrogen and oxygen atoms in total. The molecule has 0 fully saturated rings. The molecule has 14 heavy (non-hydrogen) atoms. The van der Waals surface area contributed by atoms with Gasteiger partial charge in [0.2, 0.25) is 5.91 Å². The normalized spacial score (nSPS) is 10.4. The van der Waals surface area contributed by atoms with E-state index in [4.69, 9.17) is 5.73 Å². The van der Waals surface area contributed by atoms with E-state index in [1.54, 1.807) is 6.07 Å². The second kappa shape index (κ2) is 2.99. The minimum atomic E-state index is -0.145. The summed E-state index contributed by atoms with van der Waals surface area (Å²) in [5, 5.41) is 9.79. The van der Waals surface area contributed by atoms with Crippen LogP contribution in [-0.2, 0) is 4.79 Å². The summed E-state index contributed by atoms with van der Waals surface area (Å²) in [4.78, 5) is 14.8. The molecule has 0 aromatic carbocycles. The lowest BCUT2D eigenvalue weighted by atomic mass is 10.3. The number of nitrogens with two attached hydrogens (primary N) is 1. The highest BCUT2D eigenvalue weighted by atomic mass is 16.1. The number of aromatic nitrogens is 3. The van der Waals surface area contributed by atoms with Crippen LogP contribution in [0.25, 0.3) is 11.0 Å². The first-order chi connectivity index (χ1) is 6.66. The van der Waals surface area contributed by atoms with Gasteiger partial charge in [0.15, 0.2) is 5.65 Å². The Hall–Kier alpha value is -2.11. The van der Waals surface area contributed by atoms with E-state index in [1.807, 2.05) is 0 Å². The van der Waals surface area contributed by atoms with E-state index in [1.165, 1.54) is 13.1 Å². The minimum Gasteiger partial charge on any atom is -0.384 e. The number of nitrogens with one attached hydrogen (secondary N) is 2. The van der Waals surface area contributed by atoms with Crippen LogP contribution in [0, 0.1) is 0 Å². The summed E-state index contributed by atoms with van der Waals surface area (Å²) >= 11 is 0. The third-order valence-corrected chi connectivity index (χ3v) is 1.76. The first kappa shape index (κ1) is 8.49. The summed E-state index contributed by atoms with van der Waals surface area (Å²) in [6.45, 7) is 1.43. The number of carbonyl (C=O) groups is 1. The predicted octanol–water partition coefficient (Wildman–Crippen LogP) is 0.498. The van der Waals surface area contributed by atoms with E-state index in [0.717, 1.165) is 0 Å². The molecule has 0 saturated heterocycles. The number of carbonyl (C=O) groups excluding carboxylic acids is 1. The van der Waals surface area contributed by atoms with Crippen molar-refractivity contribution in [3.05, 3.63) is 12.3 Å². The molecule has 72 valence electrons. The number of aromatic amines is 1. The lowest BCUT2D eigenvalue weighted by molar-refractivity contribution is -0.114. The molecule has 6 heteroatoms. The van der Waals surface area contributed by atoms with Crippen LogP contribution in [0.2, 0.25) is 0 Å². The molecule has 0 spiro atoms. The van der Waals surface area contributed by atoms with Crippen LogP contribution < -0.4 is 11.1 Å². The third-order valence-electron chi connectivity index (χ3n) is 1.76. The van der Waals surface area contributed by atoms with Crippen molar-refractivity contribution in [3.63, 3.8) is 0 Å². The molecular formula is C8H9N5O. The zero-order valence-corrected chi connectivity index (χ0v) is 7.53. The van der Waals surface area contributed by atoms with Gasteiger partial charge in [-0.15, -0.1) is 0 Å². The number of amides is 1. The Labute approximate surface area is 79.5 Å². The number of rotatable bonds is 1. The van der Waals surface area contributed by atoms with Crippen LogP contribution in [-0.4, -0.2) is 21.1 Å². The third kappa shape index (κ3) is 1.37. The van der Waals surface area contributed by atoms with Gasteiger partial charge >= 0.3 is 0 Å². The average Bonchev–Trinajstić information content (AvgIpc) is 2.47. The van der Waals surface area contributed by atoms with Crippen molar-refractivity contribution in [2.75, 3.05) is 11.1 Å². The number of hydrogen-bond acceptors (Lipinski definition) is 4. The molecule has 0 aliphatic rings. The van der Waals surface area contributed by atoms with E-state index in [2.05, 4.69) is 20.5 Å². The maximum Gasteiger partial charge on any atom is 0.221 e. The van der Waals surface area contributed by atoms with Crippen LogP contribution in [0.1, 0.15) is 6.92 Å². The molecule has 2 aromatic heterocycles. The molecule has 2 rings (SSSR count). The number of hydrogen-bond donors (Lipinski definition) is 3. The molecule has 0 saturated carbocycles. The minimum absolute atomic E-state index is 0.145. The first-order valence-corrected chi connectivity index (χ1v) is 4.04. The van der Waals surface area contributed by atoms with Crippen LogP contribution >= 0.6 is 0 Å². The monoisotopic (exact) mass is 191 g/mol. The van der Waals surface area contributed by atoms with Gasteiger partial charge in [-0.25, -0.2) is 4.98 Å². The molecule has 0 radical (unpaired) electrons. The van der Waals surface area contributed by atoms with Gasteiger partial charge < -0.3 is 11.1 Å². The number of anilines is 2. The fourth-order valence-electron chi connectivity index (χ4n) is 1.19. The van der Waals surface area contributed by atoms with Crippen LogP contribution in [0.4, 0.5) is 11.5 Å². The summed E-state index contributed by atoms with van der Waals surface area (Å²) in [7, 11) is 0. The van der Waals surface area contributed by atoms with Crippen LogP contribution in [0.15, 0.2) is 12.3 Å². The summed E-state index contributed by atoms with van der Waals surface area (Å²) in [6, 6.07) is 1.72. The Morgan fingerprint density at radius 2 is 2.43 bits per heavy atom. The Bertz CT molecular complexity index is 489. The number of H-pyrrole nitrogens is 1.